The topological polar surface area (TPSA) is 58.2 Å². The Morgan fingerprint density at radius 1 is 1.08 bits per heavy atom. The molecule has 2 amide bonds. The molecular formula is C19H20FIN2O2. The molecule has 4 nitrogen and oxygen atoms in total. The molecule has 25 heavy (non-hydrogen) atoms. The van der Waals surface area contributed by atoms with Crippen LogP contribution in [0.2, 0.25) is 0 Å². The predicted molar refractivity (Wildman–Crippen MR) is 105 cm³/mol. The van der Waals surface area contributed by atoms with Crippen LogP contribution in [0.25, 0.3) is 0 Å². The van der Waals surface area contributed by atoms with Crippen LogP contribution < -0.4 is 10.6 Å². The third kappa shape index (κ3) is 5.26. The maximum Gasteiger partial charge on any atom is 0.251 e. The van der Waals surface area contributed by atoms with Crippen LogP contribution in [0.5, 0.6) is 0 Å². The van der Waals surface area contributed by atoms with Crippen LogP contribution in [0.15, 0.2) is 42.5 Å². The SMILES string of the molecule is Cc1cc(I)ccc1NC(=O)C(NC(=O)c1ccc(F)cc1)C(C)C. The minimum atomic E-state index is -0.698. The summed E-state index contributed by atoms with van der Waals surface area (Å²) < 4.78 is 14.1. The van der Waals surface area contributed by atoms with E-state index in [1.54, 1.807) is 0 Å². The largest absolute Gasteiger partial charge is 0.340 e. The van der Waals surface area contributed by atoms with Gasteiger partial charge in [-0.2, -0.15) is 0 Å². The maximum absolute atomic E-state index is 13.0. The average molecular weight is 454 g/mol. The number of hydrogen-bond acceptors (Lipinski definition) is 2. The van der Waals surface area contributed by atoms with Crippen LogP contribution in [-0.4, -0.2) is 17.9 Å². The number of carbonyl (C=O) groups excluding carboxylic acids is 2. The number of aryl methyl sites for hydroxylation is 1. The van der Waals surface area contributed by atoms with Gasteiger partial charge in [-0.15, -0.1) is 0 Å². The molecular weight excluding hydrogens is 434 g/mol. The van der Waals surface area contributed by atoms with E-state index in [4.69, 9.17) is 0 Å². The maximum atomic E-state index is 13.0. The van der Waals surface area contributed by atoms with E-state index in [-0.39, 0.29) is 11.8 Å². The van der Waals surface area contributed by atoms with Crippen LogP contribution in [0, 0.1) is 22.2 Å². The number of anilines is 1. The lowest BCUT2D eigenvalue weighted by Crippen LogP contribution is -2.47. The van der Waals surface area contributed by atoms with E-state index in [1.165, 1.54) is 24.3 Å². The van der Waals surface area contributed by atoms with E-state index >= 15 is 0 Å². The van der Waals surface area contributed by atoms with Crippen molar-refractivity contribution in [2.45, 2.75) is 26.8 Å². The van der Waals surface area contributed by atoms with E-state index in [9.17, 15) is 14.0 Å². The Hall–Kier alpha value is -1.96. The van der Waals surface area contributed by atoms with E-state index in [0.717, 1.165) is 9.13 Å². The first kappa shape index (κ1) is 19.4. The second kappa shape index (κ2) is 8.42. The van der Waals surface area contributed by atoms with Gasteiger partial charge in [0.05, 0.1) is 0 Å². The highest BCUT2D eigenvalue weighted by Crippen LogP contribution is 2.18. The zero-order valence-electron chi connectivity index (χ0n) is 14.3. The number of carbonyl (C=O) groups is 2. The molecule has 0 heterocycles. The van der Waals surface area contributed by atoms with Crippen molar-refractivity contribution in [1.29, 1.82) is 0 Å². The fraction of sp³-hybridized carbons (Fsp3) is 0.263. The third-order valence-electron chi connectivity index (χ3n) is 3.79. The van der Waals surface area contributed by atoms with Crippen molar-refractivity contribution >= 4 is 40.1 Å². The van der Waals surface area contributed by atoms with Gasteiger partial charge in [0.1, 0.15) is 11.9 Å². The molecule has 1 atom stereocenters. The molecule has 0 fully saturated rings. The first-order valence-corrected chi connectivity index (χ1v) is 8.99. The van der Waals surface area contributed by atoms with Crippen molar-refractivity contribution in [3.63, 3.8) is 0 Å². The smallest absolute Gasteiger partial charge is 0.251 e. The summed E-state index contributed by atoms with van der Waals surface area (Å²) in [5, 5.41) is 5.60. The van der Waals surface area contributed by atoms with Gasteiger partial charge >= 0.3 is 0 Å². The number of amides is 2. The Kier molecular flexibility index (Phi) is 6.52. The van der Waals surface area contributed by atoms with E-state index in [1.807, 2.05) is 39.0 Å². The van der Waals surface area contributed by atoms with Gasteiger partial charge in [0.2, 0.25) is 5.91 Å². The summed E-state index contributed by atoms with van der Waals surface area (Å²) in [6.07, 6.45) is 0. The van der Waals surface area contributed by atoms with E-state index in [0.29, 0.717) is 11.3 Å². The quantitative estimate of drug-likeness (QED) is 0.668. The van der Waals surface area contributed by atoms with Crippen molar-refractivity contribution in [2.24, 2.45) is 5.92 Å². The van der Waals surface area contributed by atoms with Gasteiger partial charge in [-0.3, -0.25) is 9.59 Å². The molecule has 6 heteroatoms. The molecule has 0 aromatic heterocycles. The normalized spacial score (nSPS) is 11.9. The summed E-state index contributed by atoms with van der Waals surface area (Å²) in [6, 6.07) is 10.2. The summed E-state index contributed by atoms with van der Waals surface area (Å²) >= 11 is 2.21. The molecule has 0 radical (unpaired) electrons. The average Bonchev–Trinajstić information content (AvgIpc) is 2.55. The Balaban J connectivity index is 2.12. The Morgan fingerprint density at radius 2 is 1.72 bits per heavy atom. The molecule has 2 N–H and O–H groups in total. The molecule has 2 rings (SSSR count). The van der Waals surface area contributed by atoms with Gasteiger partial charge < -0.3 is 10.6 Å². The number of halogens is 2. The lowest BCUT2D eigenvalue weighted by Gasteiger charge is -2.22. The fourth-order valence-corrected chi connectivity index (χ4v) is 2.99. The Labute approximate surface area is 160 Å². The van der Waals surface area contributed by atoms with Crippen molar-refractivity contribution in [1.82, 2.24) is 5.32 Å². The molecule has 0 aliphatic heterocycles. The number of benzene rings is 2. The highest BCUT2D eigenvalue weighted by atomic mass is 127. The predicted octanol–water partition coefficient (Wildman–Crippen LogP) is 4.13. The molecule has 2 aromatic carbocycles. The summed E-state index contributed by atoms with van der Waals surface area (Å²) in [5.74, 6) is -1.21. The van der Waals surface area contributed by atoms with Crippen LogP contribution in [0.1, 0.15) is 29.8 Å². The van der Waals surface area contributed by atoms with Crippen LogP contribution in [0.4, 0.5) is 10.1 Å². The molecule has 0 aliphatic rings. The minimum Gasteiger partial charge on any atom is -0.340 e. The first-order valence-electron chi connectivity index (χ1n) is 7.91. The first-order chi connectivity index (χ1) is 11.8. The molecule has 0 saturated carbocycles. The van der Waals surface area contributed by atoms with Gasteiger partial charge in [-0.05, 0) is 83.5 Å². The van der Waals surface area contributed by atoms with Gasteiger partial charge in [0, 0.05) is 14.8 Å². The van der Waals surface area contributed by atoms with Crippen molar-refractivity contribution in [3.8, 4) is 0 Å². The molecule has 0 aliphatic carbocycles. The molecule has 2 aromatic rings. The molecule has 1 unspecified atom stereocenters. The summed E-state index contributed by atoms with van der Waals surface area (Å²) in [5.41, 5.74) is 1.98. The van der Waals surface area contributed by atoms with Gasteiger partial charge in [0.15, 0.2) is 0 Å². The zero-order chi connectivity index (χ0) is 18.6. The van der Waals surface area contributed by atoms with Gasteiger partial charge in [0.25, 0.3) is 5.91 Å². The van der Waals surface area contributed by atoms with Crippen LogP contribution >= 0.6 is 22.6 Å². The second-order valence-corrected chi connectivity index (χ2v) is 7.40. The number of nitrogens with one attached hydrogen (secondary N) is 2. The molecule has 0 saturated heterocycles. The summed E-state index contributed by atoms with van der Waals surface area (Å²) in [7, 11) is 0. The lowest BCUT2D eigenvalue weighted by molar-refractivity contribution is -0.118. The monoisotopic (exact) mass is 454 g/mol. The van der Waals surface area contributed by atoms with E-state index < -0.39 is 17.8 Å². The highest BCUT2D eigenvalue weighted by Gasteiger charge is 2.25. The van der Waals surface area contributed by atoms with Gasteiger partial charge in [-0.25, -0.2) is 4.39 Å². The standard InChI is InChI=1S/C19H20FIN2O2/c1-11(2)17(23-18(24)13-4-6-14(20)7-5-13)19(25)22-16-9-8-15(21)10-12(16)3/h4-11,17H,1-3H3,(H,22,25)(H,23,24). The summed E-state index contributed by atoms with van der Waals surface area (Å²) in [6.45, 7) is 5.63. The van der Waals surface area contributed by atoms with Gasteiger partial charge in [-0.1, -0.05) is 13.8 Å². The van der Waals surface area contributed by atoms with E-state index in [2.05, 4.69) is 33.2 Å². The Bertz CT molecular complexity index is 775. The van der Waals surface area contributed by atoms with Crippen molar-refractivity contribution in [2.75, 3.05) is 5.32 Å². The zero-order valence-corrected chi connectivity index (χ0v) is 16.4. The lowest BCUT2D eigenvalue weighted by atomic mass is 10.0. The van der Waals surface area contributed by atoms with Crippen LogP contribution in [-0.2, 0) is 4.79 Å². The van der Waals surface area contributed by atoms with Crippen molar-refractivity contribution < 1.29 is 14.0 Å². The molecule has 0 spiro atoms. The number of hydrogen-bond donors (Lipinski definition) is 2. The van der Waals surface area contributed by atoms with Crippen molar-refractivity contribution in [3.05, 3.63) is 63.0 Å². The molecule has 132 valence electrons. The number of rotatable bonds is 5. The molecule has 0 bridgehead atoms. The third-order valence-corrected chi connectivity index (χ3v) is 4.46. The highest BCUT2D eigenvalue weighted by molar-refractivity contribution is 14.1. The minimum absolute atomic E-state index is 0.103. The van der Waals surface area contributed by atoms with Crippen LogP contribution in [0.3, 0.4) is 0 Å². The summed E-state index contributed by atoms with van der Waals surface area (Å²) in [4.78, 5) is 24.9. The fourth-order valence-electron chi connectivity index (χ4n) is 2.34. The second-order valence-electron chi connectivity index (χ2n) is 6.15. The Morgan fingerprint density at radius 3 is 2.28 bits per heavy atom.